The average Bonchev–Trinajstić information content (AvgIpc) is 2.90. The smallest absolute Gasteiger partial charge is 0.308 e. The van der Waals surface area contributed by atoms with E-state index in [0.717, 1.165) is 28.3 Å². The van der Waals surface area contributed by atoms with Gasteiger partial charge >= 0.3 is 5.97 Å². The van der Waals surface area contributed by atoms with E-state index in [1.54, 1.807) is 4.68 Å². The van der Waals surface area contributed by atoms with E-state index in [-0.39, 0.29) is 12.5 Å². The van der Waals surface area contributed by atoms with Crippen LogP contribution in [0.3, 0.4) is 0 Å². The Hall–Kier alpha value is -2.83. The molecule has 1 unspecified atom stereocenters. The average molecular weight is 387 g/mol. The van der Waals surface area contributed by atoms with E-state index in [4.69, 9.17) is 4.74 Å². The molecule has 28 heavy (non-hydrogen) atoms. The van der Waals surface area contributed by atoms with Crippen LogP contribution in [0.5, 0.6) is 5.75 Å². The molecule has 2 rings (SSSR count). The second-order valence-electron chi connectivity index (χ2n) is 6.89. The van der Waals surface area contributed by atoms with Gasteiger partial charge in [-0.3, -0.25) is 14.3 Å². The summed E-state index contributed by atoms with van der Waals surface area (Å²) in [7, 11) is 1.88. The summed E-state index contributed by atoms with van der Waals surface area (Å²) >= 11 is 0. The van der Waals surface area contributed by atoms with Crippen molar-refractivity contribution in [3.8, 4) is 5.75 Å². The Morgan fingerprint density at radius 2 is 1.93 bits per heavy atom. The van der Waals surface area contributed by atoms with E-state index < -0.39 is 11.9 Å². The minimum absolute atomic E-state index is 0.104. The summed E-state index contributed by atoms with van der Waals surface area (Å²) in [6.07, 6.45) is 1.25. The molecule has 0 bridgehead atoms. The van der Waals surface area contributed by atoms with Gasteiger partial charge in [0, 0.05) is 25.7 Å². The molecule has 1 atom stereocenters. The SMILES string of the molecule is CCOc1ccc(CC(CNC(=O)CCc2c(C)nn(C)c2C)C(=O)O)cc1. The number of nitrogens with one attached hydrogen (secondary N) is 1. The lowest BCUT2D eigenvalue weighted by Gasteiger charge is -2.14. The number of aryl methyl sites for hydroxylation is 2. The Balaban J connectivity index is 1.86. The van der Waals surface area contributed by atoms with E-state index >= 15 is 0 Å². The fourth-order valence-electron chi connectivity index (χ4n) is 3.16. The van der Waals surface area contributed by atoms with E-state index in [0.29, 0.717) is 25.9 Å². The van der Waals surface area contributed by atoms with Crippen LogP contribution in [0.15, 0.2) is 24.3 Å². The summed E-state index contributed by atoms with van der Waals surface area (Å²) in [5.74, 6) is -0.995. The summed E-state index contributed by atoms with van der Waals surface area (Å²) in [5.41, 5.74) is 3.93. The monoisotopic (exact) mass is 387 g/mol. The van der Waals surface area contributed by atoms with Crippen LogP contribution in [0.2, 0.25) is 0 Å². The number of carboxylic acid groups (broad SMARTS) is 1. The summed E-state index contributed by atoms with van der Waals surface area (Å²) in [5, 5.41) is 16.6. The van der Waals surface area contributed by atoms with Crippen LogP contribution in [0, 0.1) is 19.8 Å². The maximum Gasteiger partial charge on any atom is 0.308 e. The normalized spacial score (nSPS) is 11.9. The number of nitrogens with zero attached hydrogens (tertiary/aromatic N) is 2. The maximum absolute atomic E-state index is 12.2. The first-order valence-electron chi connectivity index (χ1n) is 9.52. The number of aliphatic carboxylic acids is 1. The summed E-state index contributed by atoms with van der Waals surface area (Å²) in [6.45, 7) is 6.50. The highest BCUT2D eigenvalue weighted by molar-refractivity contribution is 5.77. The number of hydrogen-bond acceptors (Lipinski definition) is 4. The second kappa shape index (κ2) is 9.92. The summed E-state index contributed by atoms with van der Waals surface area (Å²) in [4.78, 5) is 23.8. The van der Waals surface area contributed by atoms with Gasteiger partial charge < -0.3 is 15.2 Å². The second-order valence-corrected chi connectivity index (χ2v) is 6.89. The molecule has 0 aliphatic rings. The highest BCUT2D eigenvalue weighted by atomic mass is 16.5. The van der Waals surface area contributed by atoms with Gasteiger partial charge in [-0.05, 0) is 56.9 Å². The molecule has 0 fully saturated rings. The standard InChI is InChI=1S/C21H29N3O4/c1-5-28-18-8-6-16(7-9-18)12-17(21(26)27)13-22-20(25)11-10-19-14(2)23-24(4)15(19)3/h6-9,17H,5,10-13H2,1-4H3,(H,22,25)(H,26,27). The number of carbonyl (C=O) groups is 2. The fraction of sp³-hybridized carbons (Fsp3) is 0.476. The number of benzene rings is 1. The van der Waals surface area contributed by atoms with Crippen LogP contribution in [0.1, 0.15) is 35.9 Å². The molecular weight excluding hydrogens is 358 g/mol. The van der Waals surface area contributed by atoms with Crippen LogP contribution < -0.4 is 10.1 Å². The summed E-state index contributed by atoms with van der Waals surface area (Å²) < 4.78 is 7.20. The topological polar surface area (TPSA) is 93.5 Å². The molecule has 152 valence electrons. The van der Waals surface area contributed by atoms with E-state index in [9.17, 15) is 14.7 Å². The van der Waals surface area contributed by atoms with Gasteiger partial charge in [0.15, 0.2) is 0 Å². The van der Waals surface area contributed by atoms with Crippen LogP contribution in [0.4, 0.5) is 0 Å². The van der Waals surface area contributed by atoms with Gasteiger partial charge in [-0.2, -0.15) is 5.10 Å². The number of aromatic nitrogens is 2. The zero-order valence-corrected chi connectivity index (χ0v) is 17.0. The first kappa shape index (κ1) is 21.5. The first-order valence-corrected chi connectivity index (χ1v) is 9.52. The minimum atomic E-state index is -0.923. The lowest BCUT2D eigenvalue weighted by Crippen LogP contribution is -2.34. The predicted octanol–water partition coefficient (Wildman–Crippen LogP) is 2.43. The Labute approximate surface area is 165 Å². The van der Waals surface area contributed by atoms with Gasteiger partial charge in [0.1, 0.15) is 5.75 Å². The van der Waals surface area contributed by atoms with Gasteiger partial charge in [0.25, 0.3) is 0 Å². The molecule has 2 N–H and O–H groups in total. The van der Waals surface area contributed by atoms with Crippen LogP contribution >= 0.6 is 0 Å². The fourth-order valence-corrected chi connectivity index (χ4v) is 3.16. The Bertz CT molecular complexity index is 812. The zero-order valence-electron chi connectivity index (χ0n) is 17.0. The largest absolute Gasteiger partial charge is 0.494 e. The maximum atomic E-state index is 12.2. The van der Waals surface area contributed by atoms with Gasteiger partial charge in [-0.1, -0.05) is 12.1 Å². The Morgan fingerprint density at radius 3 is 2.46 bits per heavy atom. The number of amides is 1. The molecule has 0 aliphatic carbocycles. The Morgan fingerprint density at radius 1 is 1.25 bits per heavy atom. The molecular formula is C21H29N3O4. The van der Waals surface area contributed by atoms with E-state index in [1.165, 1.54) is 0 Å². The van der Waals surface area contributed by atoms with Crippen molar-refractivity contribution in [2.75, 3.05) is 13.2 Å². The third kappa shape index (κ3) is 5.84. The van der Waals surface area contributed by atoms with Gasteiger partial charge in [-0.25, -0.2) is 0 Å². The summed E-state index contributed by atoms with van der Waals surface area (Å²) in [6, 6.07) is 7.37. The van der Waals surface area contributed by atoms with E-state index in [2.05, 4.69) is 10.4 Å². The van der Waals surface area contributed by atoms with Crippen molar-refractivity contribution in [1.82, 2.24) is 15.1 Å². The van der Waals surface area contributed by atoms with Crippen LogP contribution in [0.25, 0.3) is 0 Å². The van der Waals surface area contributed by atoms with E-state index in [1.807, 2.05) is 52.1 Å². The van der Waals surface area contributed by atoms with Crippen molar-refractivity contribution in [3.05, 3.63) is 46.8 Å². The molecule has 1 heterocycles. The third-order valence-electron chi connectivity index (χ3n) is 4.87. The van der Waals surface area contributed by atoms with Crippen molar-refractivity contribution in [3.63, 3.8) is 0 Å². The molecule has 0 saturated heterocycles. The molecule has 7 nitrogen and oxygen atoms in total. The zero-order chi connectivity index (χ0) is 20.7. The van der Waals surface area contributed by atoms with Gasteiger partial charge in [0.05, 0.1) is 18.2 Å². The molecule has 0 spiro atoms. The van der Waals surface area contributed by atoms with Gasteiger partial charge in [-0.15, -0.1) is 0 Å². The number of rotatable bonds is 10. The van der Waals surface area contributed by atoms with Crippen molar-refractivity contribution in [2.24, 2.45) is 13.0 Å². The molecule has 0 saturated carbocycles. The van der Waals surface area contributed by atoms with Crippen molar-refractivity contribution < 1.29 is 19.4 Å². The lowest BCUT2D eigenvalue weighted by molar-refractivity contribution is -0.141. The van der Waals surface area contributed by atoms with Crippen molar-refractivity contribution in [1.29, 1.82) is 0 Å². The number of carbonyl (C=O) groups excluding carboxylic acids is 1. The number of carboxylic acids is 1. The molecule has 1 aromatic carbocycles. The molecule has 0 aliphatic heterocycles. The van der Waals surface area contributed by atoms with Crippen molar-refractivity contribution in [2.45, 2.75) is 40.0 Å². The van der Waals surface area contributed by atoms with Crippen LogP contribution in [-0.2, 0) is 29.5 Å². The molecule has 0 radical (unpaired) electrons. The number of ether oxygens (including phenoxy) is 1. The van der Waals surface area contributed by atoms with Crippen molar-refractivity contribution >= 4 is 11.9 Å². The number of hydrogen-bond donors (Lipinski definition) is 2. The highest BCUT2D eigenvalue weighted by Crippen LogP contribution is 2.16. The van der Waals surface area contributed by atoms with Gasteiger partial charge in [0.2, 0.25) is 5.91 Å². The first-order chi connectivity index (χ1) is 13.3. The molecule has 1 amide bonds. The predicted molar refractivity (Wildman–Crippen MR) is 106 cm³/mol. The third-order valence-corrected chi connectivity index (χ3v) is 4.87. The highest BCUT2D eigenvalue weighted by Gasteiger charge is 2.19. The Kier molecular flexibility index (Phi) is 7.61. The minimum Gasteiger partial charge on any atom is -0.494 e. The molecule has 1 aromatic heterocycles. The molecule has 2 aromatic rings. The lowest BCUT2D eigenvalue weighted by atomic mass is 9.99. The van der Waals surface area contributed by atoms with Crippen LogP contribution in [-0.4, -0.2) is 39.9 Å². The molecule has 7 heteroatoms. The quantitative estimate of drug-likeness (QED) is 0.653.